The summed E-state index contributed by atoms with van der Waals surface area (Å²) < 4.78 is 16.9. The first-order chi connectivity index (χ1) is 15.2. The van der Waals surface area contributed by atoms with Gasteiger partial charge in [-0.15, -0.1) is 0 Å². The lowest BCUT2D eigenvalue weighted by Crippen LogP contribution is -2.26. The van der Waals surface area contributed by atoms with Gasteiger partial charge in [-0.2, -0.15) is 0 Å². The lowest BCUT2D eigenvalue weighted by molar-refractivity contribution is -0.154. The fraction of sp³-hybridized carbons (Fsp3) is 0.440. The Labute approximate surface area is 198 Å². The quantitative estimate of drug-likeness (QED) is 0.359. The van der Waals surface area contributed by atoms with Gasteiger partial charge in [-0.25, -0.2) is 0 Å². The highest BCUT2D eigenvalue weighted by Gasteiger charge is 2.19. The number of benzene rings is 2. The maximum Gasteiger partial charge on any atom is 0.310 e. The molecule has 0 aliphatic rings. The molecule has 0 radical (unpaired) electrons. The second-order valence-electron chi connectivity index (χ2n) is 8.27. The third-order valence-electron chi connectivity index (χ3n) is 4.57. The molecule has 0 unspecified atom stereocenters. The summed E-state index contributed by atoms with van der Waals surface area (Å²) in [6, 6.07) is 11.7. The van der Waals surface area contributed by atoms with Gasteiger partial charge in [0, 0.05) is 23.1 Å². The van der Waals surface area contributed by atoms with Gasteiger partial charge < -0.3 is 19.5 Å². The lowest BCUT2D eigenvalue weighted by Gasteiger charge is -2.20. The number of hydrogen-bond acceptors (Lipinski definition) is 6. The highest BCUT2D eigenvalue weighted by Crippen LogP contribution is 2.40. The van der Waals surface area contributed by atoms with E-state index in [0.717, 1.165) is 26.7 Å². The van der Waals surface area contributed by atoms with Crippen LogP contribution < -0.4 is 10.1 Å². The van der Waals surface area contributed by atoms with Gasteiger partial charge in [0.1, 0.15) is 11.4 Å². The zero-order chi connectivity index (χ0) is 23.7. The van der Waals surface area contributed by atoms with Crippen LogP contribution in [0.4, 0.5) is 0 Å². The van der Waals surface area contributed by atoms with E-state index in [1.54, 1.807) is 14.0 Å². The first-order valence-corrected chi connectivity index (χ1v) is 11.5. The van der Waals surface area contributed by atoms with Gasteiger partial charge >= 0.3 is 11.9 Å². The largest absolute Gasteiger partial charge is 0.496 e. The van der Waals surface area contributed by atoms with E-state index in [4.69, 9.17) is 14.2 Å². The van der Waals surface area contributed by atoms with Crippen molar-refractivity contribution >= 4 is 27.9 Å². The van der Waals surface area contributed by atoms with E-state index in [2.05, 4.69) is 21.2 Å². The number of hydrogen-bond donors (Lipinski definition) is 1. The average Bonchev–Trinajstić information content (AvgIpc) is 2.72. The van der Waals surface area contributed by atoms with Gasteiger partial charge in [-0.3, -0.25) is 9.59 Å². The SMILES string of the molecule is CCOC(=O)Cc1ccc(OC)c(-c2ccccc2CNCCC(=O)OC(C)(C)C)c1Br. The van der Waals surface area contributed by atoms with Crippen molar-refractivity contribution in [2.24, 2.45) is 0 Å². The highest BCUT2D eigenvalue weighted by molar-refractivity contribution is 9.10. The van der Waals surface area contributed by atoms with Crippen LogP contribution in [0, 0.1) is 0 Å². The predicted octanol–water partition coefficient (Wildman–Crippen LogP) is 5.05. The van der Waals surface area contributed by atoms with Crippen LogP contribution in [0.25, 0.3) is 11.1 Å². The molecule has 2 rings (SSSR count). The summed E-state index contributed by atoms with van der Waals surface area (Å²) in [5.74, 6) is 0.196. The number of esters is 2. The molecular formula is C25H32BrNO5. The molecular weight excluding hydrogens is 474 g/mol. The fourth-order valence-electron chi connectivity index (χ4n) is 3.25. The lowest BCUT2D eigenvalue weighted by atomic mass is 9.96. The minimum atomic E-state index is -0.485. The summed E-state index contributed by atoms with van der Waals surface area (Å²) in [7, 11) is 1.62. The van der Waals surface area contributed by atoms with Crippen LogP contribution in [0.15, 0.2) is 40.9 Å². The number of halogens is 1. The Morgan fingerprint density at radius 2 is 1.75 bits per heavy atom. The molecule has 0 saturated carbocycles. The molecule has 7 heteroatoms. The van der Waals surface area contributed by atoms with Crippen molar-refractivity contribution in [2.75, 3.05) is 20.3 Å². The summed E-state index contributed by atoms with van der Waals surface area (Å²) >= 11 is 3.68. The van der Waals surface area contributed by atoms with Crippen molar-refractivity contribution in [1.82, 2.24) is 5.32 Å². The molecule has 32 heavy (non-hydrogen) atoms. The van der Waals surface area contributed by atoms with Crippen molar-refractivity contribution in [2.45, 2.75) is 52.7 Å². The number of nitrogens with one attached hydrogen (secondary N) is 1. The number of methoxy groups -OCH3 is 1. The standard InChI is InChI=1S/C25H32BrNO5/c1-6-31-22(29)15-17-11-12-20(30-5)23(24(17)26)19-10-8-7-9-18(19)16-27-14-13-21(28)32-25(2,3)4/h7-12,27H,6,13-16H2,1-5H3. The van der Waals surface area contributed by atoms with E-state index in [9.17, 15) is 9.59 Å². The zero-order valence-electron chi connectivity index (χ0n) is 19.4. The second kappa shape index (κ2) is 12.0. The van der Waals surface area contributed by atoms with Crippen LogP contribution in [0.5, 0.6) is 5.75 Å². The van der Waals surface area contributed by atoms with Crippen molar-refractivity contribution < 1.29 is 23.8 Å². The van der Waals surface area contributed by atoms with Crippen LogP contribution in [0.1, 0.15) is 45.2 Å². The molecule has 174 valence electrons. The summed E-state index contributed by atoms with van der Waals surface area (Å²) in [5.41, 5.74) is 3.24. The minimum absolute atomic E-state index is 0.168. The van der Waals surface area contributed by atoms with Crippen molar-refractivity contribution in [3.05, 3.63) is 52.0 Å². The van der Waals surface area contributed by atoms with Crippen LogP contribution in [-0.4, -0.2) is 37.8 Å². The van der Waals surface area contributed by atoms with Gasteiger partial charge in [0.05, 0.1) is 26.6 Å². The van der Waals surface area contributed by atoms with Crippen LogP contribution in [-0.2, 0) is 32.0 Å². The van der Waals surface area contributed by atoms with Crippen molar-refractivity contribution in [3.8, 4) is 16.9 Å². The third kappa shape index (κ3) is 7.64. The zero-order valence-corrected chi connectivity index (χ0v) is 21.0. The number of carbonyl (C=O) groups is 2. The molecule has 2 aromatic rings. The Morgan fingerprint density at radius 1 is 1.03 bits per heavy atom. The first kappa shape index (κ1) is 25.9. The first-order valence-electron chi connectivity index (χ1n) is 10.7. The van der Waals surface area contributed by atoms with E-state index >= 15 is 0 Å². The third-order valence-corrected chi connectivity index (χ3v) is 5.48. The van der Waals surface area contributed by atoms with E-state index in [0.29, 0.717) is 31.9 Å². The molecule has 0 atom stereocenters. The average molecular weight is 506 g/mol. The summed E-state index contributed by atoms with van der Waals surface area (Å²) in [6.45, 7) is 8.78. The molecule has 0 aromatic heterocycles. The maximum absolute atomic E-state index is 12.0. The summed E-state index contributed by atoms with van der Waals surface area (Å²) in [5, 5.41) is 3.32. The van der Waals surface area contributed by atoms with E-state index in [1.807, 2.05) is 57.2 Å². The summed E-state index contributed by atoms with van der Waals surface area (Å²) in [6.07, 6.45) is 0.462. The molecule has 1 N–H and O–H groups in total. The number of carbonyl (C=O) groups excluding carboxylic acids is 2. The van der Waals surface area contributed by atoms with E-state index < -0.39 is 5.60 Å². The van der Waals surface area contributed by atoms with Gasteiger partial charge in [-0.1, -0.05) is 30.3 Å². The van der Waals surface area contributed by atoms with E-state index in [-0.39, 0.29) is 18.4 Å². The Bertz CT molecular complexity index is 936. The molecule has 0 saturated heterocycles. The number of ether oxygens (including phenoxy) is 3. The summed E-state index contributed by atoms with van der Waals surface area (Å²) in [4.78, 5) is 24.0. The van der Waals surface area contributed by atoms with Gasteiger partial charge in [-0.05, 0) is 66.4 Å². The minimum Gasteiger partial charge on any atom is -0.496 e. The molecule has 0 fully saturated rings. The molecule has 0 aliphatic heterocycles. The van der Waals surface area contributed by atoms with Crippen LogP contribution >= 0.6 is 15.9 Å². The Balaban J connectivity index is 2.21. The molecule has 0 bridgehead atoms. The maximum atomic E-state index is 12.0. The monoisotopic (exact) mass is 505 g/mol. The van der Waals surface area contributed by atoms with Crippen LogP contribution in [0.2, 0.25) is 0 Å². The van der Waals surface area contributed by atoms with Gasteiger partial charge in [0.25, 0.3) is 0 Å². The molecule has 0 spiro atoms. The number of rotatable bonds is 10. The Kier molecular flexibility index (Phi) is 9.72. The second-order valence-corrected chi connectivity index (χ2v) is 9.06. The Hall–Kier alpha value is -2.38. The van der Waals surface area contributed by atoms with E-state index in [1.165, 1.54) is 0 Å². The van der Waals surface area contributed by atoms with Crippen molar-refractivity contribution in [1.29, 1.82) is 0 Å². The van der Waals surface area contributed by atoms with Crippen molar-refractivity contribution in [3.63, 3.8) is 0 Å². The molecule has 0 amide bonds. The molecule has 0 aliphatic carbocycles. The molecule has 2 aromatic carbocycles. The fourth-order valence-corrected chi connectivity index (χ4v) is 3.93. The molecule has 6 nitrogen and oxygen atoms in total. The highest BCUT2D eigenvalue weighted by atomic mass is 79.9. The topological polar surface area (TPSA) is 73.9 Å². The van der Waals surface area contributed by atoms with Crippen LogP contribution in [0.3, 0.4) is 0 Å². The van der Waals surface area contributed by atoms with Gasteiger partial charge in [0.2, 0.25) is 0 Å². The normalized spacial score (nSPS) is 11.2. The predicted molar refractivity (Wildman–Crippen MR) is 129 cm³/mol. The Morgan fingerprint density at radius 3 is 2.41 bits per heavy atom. The smallest absolute Gasteiger partial charge is 0.310 e. The van der Waals surface area contributed by atoms with Gasteiger partial charge in [0.15, 0.2) is 0 Å². The molecule has 0 heterocycles.